The highest BCUT2D eigenvalue weighted by atomic mass is 32.2. The zero-order valence-electron chi connectivity index (χ0n) is 15.4. The van der Waals surface area contributed by atoms with E-state index in [-0.39, 0.29) is 24.2 Å². The van der Waals surface area contributed by atoms with E-state index in [0.29, 0.717) is 23.2 Å². The largest absolute Gasteiger partial charge is 0.444 e. The Morgan fingerprint density at radius 3 is 2.44 bits per heavy atom. The molecule has 7 heteroatoms. The van der Waals surface area contributed by atoms with Gasteiger partial charge < -0.3 is 4.74 Å². The Morgan fingerprint density at radius 1 is 1.11 bits per heavy atom. The van der Waals surface area contributed by atoms with E-state index in [9.17, 15) is 17.6 Å². The summed E-state index contributed by atoms with van der Waals surface area (Å²) in [5, 5.41) is 0. The molecule has 1 amide bonds. The van der Waals surface area contributed by atoms with Crippen molar-refractivity contribution in [1.82, 2.24) is 0 Å². The zero-order chi connectivity index (χ0) is 19.6. The van der Waals surface area contributed by atoms with Crippen LogP contribution in [-0.4, -0.2) is 21.1 Å². The predicted molar refractivity (Wildman–Crippen MR) is 102 cm³/mol. The molecule has 0 spiro atoms. The van der Waals surface area contributed by atoms with E-state index in [1.165, 1.54) is 6.07 Å². The zero-order valence-corrected chi connectivity index (χ0v) is 16.2. The van der Waals surface area contributed by atoms with Crippen molar-refractivity contribution in [3.05, 3.63) is 64.5 Å². The van der Waals surface area contributed by atoms with Gasteiger partial charge in [0.05, 0.1) is 17.2 Å². The SMILES string of the molecule is CCCN1C(=O)OCc2cc(CS(=O)(=O)Cc3ccc(C)c(F)c3)ccc21. The van der Waals surface area contributed by atoms with Gasteiger partial charge in [0.2, 0.25) is 0 Å². The number of amides is 1. The van der Waals surface area contributed by atoms with E-state index >= 15 is 0 Å². The van der Waals surface area contributed by atoms with Gasteiger partial charge in [0, 0.05) is 12.1 Å². The van der Waals surface area contributed by atoms with Crippen LogP contribution in [-0.2, 0) is 32.7 Å². The van der Waals surface area contributed by atoms with Crippen LogP contribution >= 0.6 is 0 Å². The molecule has 3 rings (SSSR count). The van der Waals surface area contributed by atoms with Gasteiger partial charge in [-0.2, -0.15) is 0 Å². The number of benzene rings is 2. The monoisotopic (exact) mass is 391 g/mol. The quantitative estimate of drug-likeness (QED) is 0.743. The normalized spacial score (nSPS) is 14.0. The van der Waals surface area contributed by atoms with Gasteiger partial charge in [0.15, 0.2) is 9.84 Å². The molecule has 0 saturated heterocycles. The number of nitrogens with zero attached hydrogens (tertiary/aromatic N) is 1. The first kappa shape index (κ1) is 19.4. The van der Waals surface area contributed by atoms with Gasteiger partial charge in [0.1, 0.15) is 12.4 Å². The van der Waals surface area contributed by atoms with Gasteiger partial charge in [-0.3, -0.25) is 4.90 Å². The van der Waals surface area contributed by atoms with Crippen LogP contribution in [0, 0.1) is 12.7 Å². The summed E-state index contributed by atoms with van der Waals surface area (Å²) in [6.07, 6.45) is 0.406. The molecule has 0 N–H and O–H groups in total. The summed E-state index contributed by atoms with van der Waals surface area (Å²) in [5.41, 5.74) is 3.08. The summed E-state index contributed by atoms with van der Waals surface area (Å²) in [6.45, 7) is 4.28. The maximum atomic E-state index is 13.7. The van der Waals surface area contributed by atoms with Crippen molar-refractivity contribution >= 4 is 21.6 Å². The molecule has 2 aromatic carbocycles. The molecule has 0 radical (unpaired) electrons. The van der Waals surface area contributed by atoms with Gasteiger partial charge in [-0.05, 0) is 48.2 Å². The van der Waals surface area contributed by atoms with Crippen molar-refractivity contribution < 1.29 is 22.3 Å². The highest BCUT2D eigenvalue weighted by molar-refractivity contribution is 7.89. The fourth-order valence-corrected chi connectivity index (χ4v) is 4.62. The molecule has 0 fully saturated rings. The average Bonchev–Trinajstić information content (AvgIpc) is 2.60. The Labute approximate surface area is 158 Å². The summed E-state index contributed by atoms with van der Waals surface area (Å²) in [4.78, 5) is 13.5. The van der Waals surface area contributed by atoms with E-state index in [1.54, 1.807) is 42.2 Å². The third-order valence-corrected chi connectivity index (χ3v) is 6.01. The first-order valence-electron chi connectivity index (χ1n) is 8.80. The number of fused-ring (bicyclic) bond motifs is 1. The molecule has 1 aliphatic heterocycles. The highest BCUT2D eigenvalue weighted by Crippen LogP contribution is 2.29. The van der Waals surface area contributed by atoms with Crippen molar-refractivity contribution in [2.24, 2.45) is 0 Å². The molecule has 27 heavy (non-hydrogen) atoms. The van der Waals surface area contributed by atoms with Gasteiger partial charge in [0.25, 0.3) is 0 Å². The Hall–Kier alpha value is -2.41. The topological polar surface area (TPSA) is 63.7 Å². The fourth-order valence-electron chi connectivity index (χ4n) is 3.14. The van der Waals surface area contributed by atoms with Crippen molar-refractivity contribution in [3.8, 4) is 0 Å². The molecule has 5 nitrogen and oxygen atoms in total. The number of sulfone groups is 1. The van der Waals surface area contributed by atoms with E-state index in [2.05, 4.69) is 0 Å². The summed E-state index contributed by atoms with van der Waals surface area (Å²) < 4.78 is 43.9. The fraction of sp³-hybridized carbons (Fsp3) is 0.350. The molecule has 0 saturated carbocycles. The van der Waals surface area contributed by atoms with Crippen molar-refractivity contribution in [3.63, 3.8) is 0 Å². The predicted octanol–water partition coefficient (Wildman–Crippen LogP) is 4.12. The minimum atomic E-state index is -3.47. The lowest BCUT2D eigenvalue weighted by molar-refractivity contribution is 0.142. The Bertz CT molecular complexity index is 972. The Balaban J connectivity index is 1.79. The van der Waals surface area contributed by atoms with Crippen molar-refractivity contribution in [2.75, 3.05) is 11.4 Å². The molecule has 1 heterocycles. The van der Waals surface area contributed by atoms with Crippen LogP contribution in [0.15, 0.2) is 36.4 Å². The minimum Gasteiger partial charge on any atom is -0.444 e. The number of rotatable bonds is 6. The molecule has 0 atom stereocenters. The standard InChI is InChI=1S/C20H22FNO4S/c1-3-8-22-19-7-6-15(9-17(19)11-26-20(22)23)12-27(24,25)13-16-5-4-14(2)18(21)10-16/h4-7,9-10H,3,8,11-13H2,1-2H3. The van der Waals surface area contributed by atoms with Gasteiger partial charge >= 0.3 is 6.09 Å². The number of aryl methyl sites for hydroxylation is 1. The lowest BCUT2D eigenvalue weighted by Gasteiger charge is -2.29. The smallest absolute Gasteiger partial charge is 0.414 e. The first-order chi connectivity index (χ1) is 12.8. The summed E-state index contributed by atoms with van der Waals surface area (Å²) in [5.74, 6) is -0.787. The molecule has 0 aliphatic carbocycles. The number of carbonyl (C=O) groups is 1. The highest BCUT2D eigenvalue weighted by Gasteiger charge is 2.25. The Morgan fingerprint density at radius 2 is 1.78 bits per heavy atom. The number of ether oxygens (including phenoxy) is 1. The maximum Gasteiger partial charge on any atom is 0.414 e. The second-order valence-corrected chi connectivity index (χ2v) is 8.85. The number of hydrogen-bond acceptors (Lipinski definition) is 4. The van der Waals surface area contributed by atoms with Gasteiger partial charge in [-0.15, -0.1) is 0 Å². The number of carbonyl (C=O) groups excluding carboxylic acids is 1. The van der Waals surface area contributed by atoms with Crippen LogP contribution in [0.1, 0.15) is 35.6 Å². The summed E-state index contributed by atoms with van der Waals surface area (Å²) >= 11 is 0. The van der Waals surface area contributed by atoms with Gasteiger partial charge in [-0.25, -0.2) is 17.6 Å². The molecular weight excluding hydrogens is 369 g/mol. The molecular formula is C20H22FNO4S. The van der Waals surface area contributed by atoms with Crippen molar-refractivity contribution in [2.45, 2.75) is 38.4 Å². The van der Waals surface area contributed by atoms with Gasteiger partial charge in [-0.1, -0.05) is 25.1 Å². The van der Waals surface area contributed by atoms with Crippen LogP contribution < -0.4 is 4.90 Å². The van der Waals surface area contributed by atoms with Crippen LogP contribution in [0.5, 0.6) is 0 Å². The average molecular weight is 391 g/mol. The minimum absolute atomic E-state index is 0.130. The first-order valence-corrected chi connectivity index (χ1v) is 10.6. The maximum absolute atomic E-state index is 13.7. The molecule has 1 aliphatic rings. The molecule has 0 unspecified atom stereocenters. The number of anilines is 1. The van der Waals surface area contributed by atoms with Crippen molar-refractivity contribution in [1.29, 1.82) is 0 Å². The van der Waals surface area contributed by atoms with E-state index in [1.807, 2.05) is 6.92 Å². The third-order valence-electron chi connectivity index (χ3n) is 4.46. The summed E-state index contributed by atoms with van der Waals surface area (Å²) in [6, 6.07) is 9.72. The second kappa shape index (κ2) is 7.68. The second-order valence-electron chi connectivity index (χ2n) is 6.79. The molecule has 2 aromatic rings. The molecule has 144 valence electrons. The lowest BCUT2D eigenvalue weighted by atomic mass is 10.1. The molecule has 0 bridgehead atoms. The molecule has 0 aromatic heterocycles. The Kier molecular flexibility index (Phi) is 5.51. The van der Waals surface area contributed by atoms with E-state index in [4.69, 9.17) is 4.74 Å². The van der Waals surface area contributed by atoms with Crippen LogP contribution in [0.3, 0.4) is 0 Å². The summed E-state index contributed by atoms with van der Waals surface area (Å²) in [7, 11) is -3.47. The third kappa shape index (κ3) is 4.47. The number of halogens is 1. The van der Waals surface area contributed by atoms with E-state index in [0.717, 1.165) is 17.7 Å². The van der Waals surface area contributed by atoms with Crippen LogP contribution in [0.4, 0.5) is 14.9 Å². The lowest BCUT2D eigenvalue weighted by Crippen LogP contribution is -2.36. The van der Waals surface area contributed by atoms with E-state index < -0.39 is 15.7 Å². The van der Waals surface area contributed by atoms with Crippen LogP contribution in [0.2, 0.25) is 0 Å². The number of hydrogen-bond donors (Lipinski definition) is 0. The van der Waals surface area contributed by atoms with Crippen LogP contribution in [0.25, 0.3) is 0 Å². The number of cyclic esters (lactones) is 1.